The van der Waals surface area contributed by atoms with Crippen LogP contribution in [0.15, 0.2) is 48.7 Å². The highest BCUT2D eigenvalue weighted by Crippen LogP contribution is 2.30. The van der Waals surface area contributed by atoms with Crippen molar-refractivity contribution < 1.29 is 21.6 Å². The van der Waals surface area contributed by atoms with Gasteiger partial charge in [0.25, 0.3) is 0 Å². The lowest BCUT2D eigenvalue weighted by Crippen LogP contribution is -2.32. The van der Waals surface area contributed by atoms with Gasteiger partial charge in [-0.15, -0.1) is 5.10 Å². The summed E-state index contributed by atoms with van der Waals surface area (Å²) in [5.41, 5.74) is 1.77. The average molecular weight is 523 g/mol. The van der Waals surface area contributed by atoms with Crippen molar-refractivity contribution in [3.63, 3.8) is 0 Å². The van der Waals surface area contributed by atoms with Gasteiger partial charge in [0.1, 0.15) is 5.69 Å². The van der Waals surface area contributed by atoms with E-state index in [-0.39, 0.29) is 12.2 Å². The van der Waals surface area contributed by atoms with Gasteiger partial charge in [0.15, 0.2) is 0 Å². The molecule has 8 nitrogen and oxygen atoms in total. The van der Waals surface area contributed by atoms with Gasteiger partial charge in [-0.25, -0.2) is 18.1 Å². The first-order valence-electron chi connectivity index (χ1n) is 11.8. The molecule has 0 aliphatic carbocycles. The number of benzene rings is 1. The van der Waals surface area contributed by atoms with E-state index >= 15 is 0 Å². The summed E-state index contributed by atoms with van der Waals surface area (Å²) >= 11 is 0. The highest BCUT2D eigenvalue weighted by molar-refractivity contribution is 7.93. The summed E-state index contributed by atoms with van der Waals surface area (Å²) < 4.78 is 67.2. The maximum absolute atomic E-state index is 12.9. The summed E-state index contributed by atoms with van der Waals surface area (Å²) in [6.45, 7) is 5.67. The number of nitrogens with one attached hydrogen (secondary N) is 1. The van der Waals surface area contributed by atoms with Crippen molar-refractivity contribution in [2.45, 2.75) is 57.1 Å². The van der Waals surface area contributed by atoms with Crippen molar-refractivity contribution >= 4 is 15.7 Å². The van der Waals surface area contributed by atoms with Crippen LogP contribution in [-0.4, -0.2) is 51.6 Å². The van der Waals surface area contributed by atoms with Crippen molar-refractivity contribution in [1.82, 2.24) is 24.9 Å². The predicted molar refractivity (Wildman–Crippen MR) is 130 cm³/mol. The molecule has 0 unspecified atom stereocenters. The lowest BCUT2D eigenvalue weighted by molar-refractivity contribution is -0.141. The molecule has 3 aromatic rings. The maximum Gasteiger partial charge on any atom is 0.433 e. The lowest BCUT2D eigenvalue weighted by atomic mass is 9.89. The third-order valence-corrected chi connectivity index (χ3v) is 7.98. The summed E-state index contributed by atoms with van der Waals surface area (Å²) in [6.07, 6.45) is -0.914. The molecule has 194 valence electrons. The SMILES string of the molecule is CC(C)S(=O)(=O)Nc1cccc(C2CCN(Cc3cn(Cc4cccc(C(F)(F)F)n4)nn3)CC2)c1. The number of alkyl halides is 3. The second kappa shape index (κ2) is 10.6. The standard InChI is InChI=1S/C24H29F3N6O2S/c1-17(2)36(34,35)30-20-6-3-5-19(13-20)18-9-11-32(12-10-18)14-22-16-33(31-29-22)15-21-7-4-8-23(28-21)24(25,26)27/h3-8,13,16-18,30H,9-12,14-15H2,1-2H3. The number of nitrogens with zero attached hydrogens (tertiary/aromatic N) is 5. The van der Waals surface area contributed by atoms with E-state index in [0.29, 0.717) is 18.2 Å². The Morgan fingerprint density at radius 1 is 1.06 bits per heavy atom. The van der Waals surface area contributed by atoms with Crippen molar-refractivity contribution in [3.8, 4) is 0 Å². The van der Waals surface area contributed by atoms with Gasteiger partial charge < -0.3 is 0 Å². The number of sulfonamides is 1. The van der Waals surface area contributed by atoms with E-state index < -0.39 is 27.1 Å². The number of piperidine rings is 1. The molecule has 0 radical (unpaired) electrons. The second-order valence-corrected chi connectivity index (χ2v) is 11.5. The van der Waals surface area contributed by atoms with Gasteiger partial charge >= 0.3 is 6.18 Å². The van der Waals surface area contributed by atoms with Crippen LogP contribution >= 0.6 is 0 Å². The van der Waals surface area contributed by atoms with E-state index in [4.69, 9.17) is 0 Å². The first-order chi connectivity index (χ1) is 17.0. The van der Waals surface area contributed by atoms with Gasteiger partial charge in [-0.2, -0.15) is 13.2 Å². The molecule has 0 bridgehead atoms. The molecule has 1 N–H and O–H groups in total. The number of hydrogen-bond acceptors (Lipinski definition) is 6. The van der Waals surface area contributed by atoms with Crippen molar-refractivity contribution in [3.05, 3.63) is 71.3 Å². The van der Waals surface area contributed by atoms with Gasteiger partial charge in [0.2, 0.25) is 10.0 Å². The molecule has 3 heterocycles. The molecule has 36 heavy (non-hydrogen) atoms. The highest BCUT2D eigenvalue weighted by atomic mass is 32.2. The van der Waals surface area contributed by atoms with Crippen LogP contribution in [0.5, 0.6) is 0 Å². The van der Waals surface area contributed by atoms with Crippen molar-refractivity contribution in [2.24, 2.45) is 0 Å². The van der Waals surface area contributed by atoms with Crippen molar-refractivity contribution in [1.29, 1.82) is 0 Å². The molecular formula is C24H29F3N6O2S. The largest absolute Gasteiger partial charge is 0.433 e. The number of halogens is 3. The normalized spacial score (nSPS) is 15.9. The summed E-state index contributed by atoms with van der Waals surface area (Å²) in [5, 5.41) is 7.71. The zero-order chi connectivity index (χ0) is 25.9. The van der Waals surface area contributed by atoms with Gasteiger partial charge in [-0.3, -0.25) is 9.62 Å². The minimum absolute atomic E-state index is 0.107. The fourth-order valence-corrected chi connectivity index (χ4v) is 4.86. The van der Waals surface area contributed by atoms with E-state index in [1.165, 1.54) is 16.8 Å². The van der Waals surface area contributed by atoms with Gasteiger partial charge in [-0.05, 0) is 75.5 Å². The summed E-state index contributed by atoms with van der Waals surface area (Å²) in [4.78, 5) is 5.94. The van der Waals surface area contributed by atoms with Crippen LogP contribution in [-0.2, 0) is 29.3 Å². The Bertz CT molecular complexity index is 1280. The number of hydrogen-bond donors (Lipinski definition) is 1. The number of rotatable bonds is 8. The van der Waals surface area contributed by atoms with Gasteiger partial charge in [0.05, 0.1) is 29.4 Å². The third-order valence-electron chi connectivity index (χ3n) is 6.22. The van der Waals surface area contributed by atoms with Gasteiger partial charge in [-0.1, -0.05) is 23.4 Å². The zero-order valence-electron chi connectivity index (χ0n) is 20.1. The number of likely N-dealkylation sites (tertiary alicyclic amines) is 1. The monoisotopic (exact) mass is 522 g/mol. The molecule has 0 amide bonds. The molecule has 1 aliphatic rings. The molecule has 0 saturated carbocycles. The number of pyridine rings is 1. The topological polar surface area (TPSA) is 93.0 Å². The molecule has 1 aromatic carbocycles. The molecule has 12 heteroatoms. The highest BCUT2D eigenvalue weighted by Gasteiger charge is 2.32. The van der Waals surface area contributed by atoms with Crippen molar-refractivity contribution in [2.75, 3.05) is 17.8 Å². The Balaban J connectivity index is 1.31. The smallest absolute Gasteiger partial charge is 0.297 e. The van der Waals surface area contributed by atoms with E-state index in [0.717, 1.165) is 43.3 Å². The minimum atomic E-state index is -4.49. The molecule has 0 atom stereocenters. The van der Waals surface area contributed by atoms with Crippen LogP contribution in [0, 0.1) is 0 Å². The molecular weight excluding hydrogens is 493 g/mol. The van der Waals surface area contributed by atoms with Gasteiger partial charge in [0, 0.05) is 12.2 Å². The molecule has 1 saturated heterocycles. The van der Waals surface area contributed by atoms with Crippen LogP contribution < -0.4 is 4.72 Å². The molecule has 4 rings (SSSR count). The number of anilines is 1. The first-order valence-corrected chi connectivity index (χ1v) is 13.3. The zero-order valence-corrected chi connectivity index (χ0v) is 20.9. The molecule has 2 aromatic heterocycles. The molecule has 1 fully saturated rings. The van der Waals surface area contributed by atoms with E-state index in [1.807, 2.05) is 18.2 Å². The Morgan fingerprint density at radius 2 is 1.78 bits per heavy atom. The van der Waals surface area contributed by atoms with E-state index in [2.05, 4.69) is 24.9 Å². The molecule has 0 spiro atoms. The van der Waals surface area contributed by atoms with Crippen LogP contribution in [0.2, 0.25) is 0 Å². The number of aromatic nitrogens is 4. The van der Waals surface area contributed by atoms with E-state index in [9.17, 15) is 21.6 Å². The Morgan fingerprint density at radius 3 is 2.47 bits per heavy atom. The lowest BCUT2D eigenvalue weighted by Gasteiger charge is -2.31. The van der Waals surface area contributed by atoms with E-state index in [1.54, 1.807) is 26.1 Å². The second-order valence-electron chi connectivity index (χ2n) is 9.29. The quantitative estimate of drug-likeness (QED) is 0.475. The first kappa shape index (κ1) is 26.1. The fraction of sp³-hybridized carbons (Fsp3) is 0.458. The minimum Gasteiger partial charge on any atom is -0.297 e. The van der Waals surface area contributed by atoms with Crippen LogP contribution in [0.25, 0.3) is 0 Å². The fourth-order valence-electron chi connectivity index (χ4n) is 4.17. The maximum atomic E-state index is 12.9. The Hall–Kier alpha value is -2.99. The van der Waals surface area contributed by atoms with Crippen LogP contribution in [0.1, 0.15) is 55.3 Å². The predicted octanol–water partition coefficient (Wildman–Crippen LogP) is 4.27. The van der Waals surface area contributed by atoms with Crippen LogP contribution in [0.3, 0.4) is 0 Å². The molecule has 1 aliphatic heterocycles. The third kappa shape index (κ3) is 6.61. The summed E-state index contributed by atoms with van der Waals surface area (Å²) in [5.74, 6) is 0.326. The average Bonchev–Trinajstić information content (AvgIpc) is 3.25. The Labute approximate surface area is 208 Å². The van der Waals surface area contributed by atoms with Crippen LogP contribution in [0.4, 0.5) is 18.9 Å². The summed E-state index contributed by atoms with van der Waals surface area (Å²) in [7, 11) is -3.40. The Kier molecular flexibility index (Phi) is 7.65. The summed E-state index contributed by atoms with van der Waals surface area (Å²) in [6, 6.07) is 11.4.